The topological polar surface area (TPSA) is 18.5 Å². The predicted octanol–water partition coefficient (Wildman–Crippen LogP) is 6.50. The maximum absolute atomic E-state index is 5.09. The standard InChI is InChI=1S/C13H19.C8H18O2/c1-11(2)10-13(3,4)12-8-6-5-7-9-12;1-7(2,3)9-10-8(4,5)6/h5-9H,10H2,1-4H3;1-6H3. The van der Waals surface area contributed by atoms with Crippen molar-refractivity contribution in [2.24, 2.45) is 0 Å². The monoisotopic (exact) mass is 321 g/mol. The molecular weight excluding hydrogens is 284 g/mol. The Morgan fingerprint density at radius 3 is 1.43 bits per heavy atom. The lowest BCUT2D eigenvalue weighted by Crippen LogP contribution is -2.27. The highest BCUT2D eigenvalue weighted by molar-refractivity contribution is 5.24. The van der Waals surface area contributed by atoms with Gasteiger partial charge in [0.05, 0.1) is 11.2 Å². The van der Waals surface area contributed by atoms with Crippen LogP contribution in [-0.4, -0.2) is 11.2 Å². The van der Waals surface area contributed by atoms with Crippen molar-refractivity contribution in [1.82, 2.24) is 0 Å². The lowest BCUT2D eigenvalue weighted by molar-refractivity contribution is -0.393. The summed E-state index contributed by atoms with van der Waals surface area (Å²) in [6.45, 7) is 20.7. The van der Waals surface area contributed by atoms with E-state index < -0.39 is 0 Å². The van der Waals surface area contributed by atoms with Crippen LogP contribution in [0.15, 0.2) is 30.3 Å². The van der Waals surface area contributed by atoms with Gasteiger partial charge in [0.2, 0.25) is 0 Å². The van der Waals surface area contributed by atoms with Crippen molar-refractivity contribution < 1.29 is 9.78 Å². The molecule has 1 rings (SSSR count). The quantitative estimate of drug-likeness (QED) is 0.465. The molecule has 0 bridgehead atoms. The van der Waals surface area contributed by atoms with Crippen molar-refractivity contribution in [3.8, 4) is 0 Å². The minimum Gasteiger partial charge on any atom is -0.230 e. The Hall–Kier alpha value is -0.860. The van der Waals surface area contributed by atoms with Gasteiger partial charge in [-0.15, -0.1) is 0 Å². The fourth-order valence-electron chi connectivity index (χ4n) is 2.13. The van der Waals surface area contributed by atoms with E-state index in [1.54, 1.807) is 0 Å². The first-order valence-electron chi connectivity index (χ1n) is 8.44. The summed E-state index contributed by atoms with van der Waals surface area (Å²) in [5.41, 5.74) is 1.27. The van der Waals surface area contributed by atoms with Crippen LogP contribution >= 0.6 is 0 Å². The van der Waals surface area contributed by atoms with Gasteiger partial charge in [0.1, 0.15) is 0 Å². The Balaban J connectivity index is 0.000000438. The molecule has 1 aromatic rings. The molecule has 2 nitrogen and oxygen atoms in total. The van der Waals surface area contributed by atoms with Gasteiger partial charge in [-0.1, -0.05) is 58.0 Å². The first-order chi connectivity index (χ1) is 10.2. The molecule has 0 aliphatic carbocycles. The van der Waals surface area contributed by atoms with Crippen molar-refractivity contribution in [3.63, 3.8) is 0 Å². The Kier molecular flexibility index (Phi) is 8.51. The molecule has 0 saturated heterocycles. The van der Waals surface area contributed by atoms with Gasteiger partial charge in [-0.25, -0.2) is 9.78 Å². The van der Waals surface area contributed by atoms with Gasteiger partial charge in [0, 0.05) is 0 Å². The summed E-state index contributed by atoms with van der Waals surface area (Å²) in [5.74, 6) is 1.49. The summed E-state index contributed by atoms with van der Waals surface area (Å²) in [4.78, 5) is 10.2. The van der Waals surface area contributed by atoms with Crippen molar-refractivity contribution in [2.45, 2.75) is 92.3 Å². The molecule has 0 N–H and O–H groups in total. The van der Waals surface area contributed by atoms with Crippen molar-refractivity contribution in [2.75, 3.05) is 0 Å². The van der Waals surface area contributed by atoms with Crippen LogP contribution < -0.4 is 0 Å². The molecular formula is C21H37O2. The zero-order valence-corrected chi connectivity index (χ0v) is 16.9. The highest BCUT2D eigenvalue weighted by atomic mass is 17.2. The summed E-state index contributed by atoms with van der Waals surface area (Å²) >= 11 is 0. The van der Waals surface area contributed by atoms with Crippen LogP contribution in [0.1, 0.15) is 81.2 Å². The molecule has 0 unspecified atom stereocenters. The van der Waals surface area contributed by atoms with E-state index in [0.717, 1.165) is 6.42 Å². The lowest BCUT2D eigenvalue weighted by atomic mass is 9.78. The molecule has 0 fully saturated rings. The van der Waals surface area contributed by atoms with Gasteiger partial charge < -0.3 is 0 Å². The SMILES string of the molecule is CC(C)(C)OOC(C)(C)C.C[C](C)CC(C)(C)c1ccccc1. The molecule has 0 aliphatic heterocycles. The van der Waals surface area contributed by atoms with Crippen LogP contribution in [0, 0.1) is 5.92 Å². The van der Waals surface area contributed by atoms with Crippen LogP contribution in [0.2, 0.25) is 0 Å². The molecule has 0 aliphatic rings. The van der Waals surface area contributed by atoms with Gasteiger partial charge in [0.25, 0.3) is 0 Å². The molecule has 0 spiro atoms. The van der Waals surface area contributed by atoms with E-state index in [1.807, 2.05) is 41.5 Å². The smallest absolute Gasteiger partial charge is 0.0952 e. The summed E-state index contributed by atoms with van der Waals surface area (Å²) < 4.78 is 0. The zero-order valence-electron chi connectivity index (χ0n) is 16.9. The Morgan fingerprint density at radius 1 is 0.739 bits per heavy atom. The van der Waals surface area contributed by atoms with Crippen LogP contribution in [0.5, 0.6) is 0 Å². The first-order valence-corrected chi connectivity index (χ1v) is 8.44. The molecule has 0 aromatic heterocycles. The third-order valence-electron chi connectivity index (χ3n) is 2.89. The molecule has 0 saturated carbocycles. The van der Waals surface area contributed by atoms with E-state index in [1.165, 1.54) is 11.5 Å². The Bertz CT molecular complexity index is 405. The third-order valence-corrected chi connectivity index (χ3v) is 2.89. The largest absolute Gasteiger partial charge is 0.230 e. The molecule has 1 aromatic carbocycles. The highest BCUT2D eigenvalue weighted by Crippen LogP contribution is 2.30. The molecule has 0 amide bonds. The average molecular weight is 322 g/mol. The minimum atomic E-state index is -0.215. The predicted molar refractivity (Wildman–Crippen MR) is 100 cm³/mol. The first kappa shape index (κ1) is 22.1. The number of benzene rings is 1. The minimum absolute atomic E-state index is 0.215. The lowest BCUT2D eigenvalue weighted by Gasteiger charge is -2.27. The van der Waals surface area contributed by atoms with Crippen molar-refractivity contribution in [1.29, 1.82) is 0 Å². The van der Waals surface area contributed by atoms with E-state index >= 15 is 0 Å². The van der Waals surface area contributed by atoms with Gasteiger partial charge >= 0.3 is 0 Å². The maximum Gasteiger partial charge on any atom is 0.0952 e. The number of hydrogen-bond acceptors (Lipinski definition) is 2. The fourth-order valence-corrected chi connectivity index (χ4v) is 2.13. The van der Waals surface area contributed by atoms with Crippen LogP contribution in [0.25, 0.3) is 0 Å². The van der Waals surface area contributed by atoms with E-state index in [0.29, 0.717) is 0 Å². The van der Waals surface area contributed by atoms with Crippen molar-refractivity contribution >= 4 is 0 Å². The van der Waals surface area contributed by atoms with E-state index in [4.69, 9.17) is 9.78 Å². The molecule has 133 valence electrons. The second-order valence-corrected chi connectivity index (χ2v) is 9.03. The number of rotatable bonds is 4. The second-order valence-electron chi connectivity index (χ2n) is 9.03. The molecule has 0 heterocycles. The molecule has 0 atom stereocenters. The second kappa shape index (κ2) is 8.84. The maximum atomic E-state index is 5.09. The van der Waals surface area contributed by atoms with Gasteiger partial charge in [-0.3, -0.25) is 0 Å². The summed E-state index contributed by atoms with van der Waals surface area (Å²) in [6.07, 6.45) is 1.16. The van der Waals surface area contributed by atoms with E-state index in [9.17, 15) is 0 Å². The van der Waals surface area contributed by atoms with Crippen LogP contribution in [0.3, 0.4) is 0 Å². The Labute approximate surface area is 144 Å². The average Bonchev–Trinajstić information content (AvgIpc) is 2.35. The summed E-state index contributed by atoms with van der Waals surface area (Å²) in [7, 11) is 0. The van der Waals surface area contributed by atoms with Crippen molar-refractivity contribution in [3.05, 3.63) is 41.8 Å². The van der Waals surface area contributed by atoms with Gasteiger partial charge in [-0.2, -0.15) is 0 Å². The fraction of sp³-hybridized carbons (Fsp3) is 0.667. The van der Waals surface area contributed by atoms with Gasteiger partial charge in [0.15, 0.2) is 0 Å². The normalized spacial score (nSPS) is 12.8. The van der Waals surface area contributed by atoms with E-state index in [-0.39, 0.29) is 16.6 Å². The summed E-state index contributed by atoms with van der Waals surface area (Å²) in [5, 5.41) is 0. The molecule has 2 heteroatoms. The summed E-state index contributed by atoms with van der Waals surface area (Å²) in [6, 6.07) is 10.7. The van der Waals surface area contributed by atoms with Crippen LogP contribution in [-0.2, 0) is 15.2 Å². The van der Waals surface area contributed by atoms with Crippen LogP contribution in [0.4, 0.5) is 0 Å². The van der Waals surface area contributed by atoms with E-state index in [2.05, 4.69) is 58.0 Å². The molecule has 23 heavy (non-hydrogen) atoms. The highest BCUT2D eigenvalue weighted by Gasteiger charge is 2.21. The third kappa shape index (κ3) is 12.3. The Morgan fingerprint density at radius 2 is 1.13 bits per heavy atom. The van der Waals surface area contributed by atoms with Gasteiger partial charge in [-0.05, 0) is 64.9 Å². The molecule has 1 radical (unpaired) electrons. The number of hydrogen-bond donors (Lipinski definition) is 0. The zero-order chi connectivity index (χ0) is 18.3.